The first-order chi connectivity index (χ1) is 15.2. The largest absolute Gasteiger partial charge is 0.324 e. The maximum atomic E-state index is 14.8. The zero-order valence-corrected chi connectivity index (χ0v) is 18.4. The van der Waals surface area contributed by atoms with E-state index in [0.717, 1.165) is 43.2 Å². The Morgan fingerprint density at radius 2 is 1.19 bits per heavy atom. The summed E-state index contributed by atoms with van der Waals surface area (Å²) < 4.78 is 29.6. The molecule has 0 heterocycles. The van der Waals surface area contributed by atoms with Crippen molar-refractivity contribution in [3.63, 3.8) is 0 Å². The first-order valence-electron chi connectivity index (χ1n) is 11.3. The van der Waals surface area contributed by atoms with Gasteiger partial charge in [0.25, 0.3) is 0 Å². The Balaban J connectivity index is 1.51. The van der Waals surface area contributed by atoms with Gasteiger partial charge in [0.1, 0.15) is 11.6 Å². The molecule has 4 aliphatic rings. The van der Waals surface area contributed by atoms with Crippen LogP contribution in [0.25, 0.3) is 0 Å². The maximum Gasteiger partial charge on any atom is 0.221 e. The van der Waals surface area contributed by atoms with Crippen molar-refractivity contribution in [2.45, 2.75) is 63.2 Å². The molecule has 2 aromatic rings. The molecule has 0 unspecified atom stereocenters. The molecule has 0 radical (unpaired) electrons. The zero-order chi connectivity index (χ0) is 22.7. The van der Waals surface area contributed by atoms with Crippen molar-refractivity contribution >= 4 is 23.2 Å². The first-order valence-corrected chi connectivity index (χ1v) is 11.3. The van der Waals surface area contributed by atoms with Gasteiger partial charge in [0.15, 0.2) is 0 Å². The standard InChI is InChI=1S/C26H28F2N2O2/c1-15(31)29-23-5-3-19(8-21(23)27)25-10-17-7-18(11-25)13-26(12-17,14-25)20-4-6-24(22(28)9-20)30-16(2)32/h3-6,8-9,17-18H,7,10-14H2,1-2H3,(H,29,31)(H,30,32). The van der Waals surface area contributed by atoms with E-state index < -0.39 is 11.6 Å². The van der Waals surface area contributed by atoms with E-state index in [9.17, 15) is 18.4 Å². The number of halogens is 2. The Morgan fingerprint density at radius 1 is 0.781 bits per heavy atom. The molecule has 6 rings (SSSR count). The van der Waals surface area contributed by atoms with Gasteiger partial charge in [-0.3, -0.25) is 9.59 Å². The minimum absolute atomic E-state index is 0.132. The number of carbonyl (C=O) groups excluding carboxylic acids is 2. The van der Waals surface area contributed by atoms with E-state index in [4.69, 9.17) is 0 Å². The fourth-order valence-electron chi connectivity index (χ4n) is 7.21. The lowest BCUT2D eigenvalue weighted by Crippen LogP contribution is -2.56. The Hall–Kier alpha value is -2.76. The molecule has 4 nitrogen and oxygen atoms in total. The summed E-state index contributed by atoms with van der Waals surface area (Å²) in [6.45, 7) is 2.74. The quantitative estimate of drug-likeness (QED) is 0.646. The van der Waals surface area contributed by atoms with E-state index in [1.54, 1.807) is 24.3 Å². The van der Waals surface area contributed by atoms with Crippen molar-refractivity contribution in [1.29, 1.82) is 0 Å². The van der Waals surface area contributed by atoms with Crippen LogP contribution in [-0.4, -0.2) is 11.8 Å². The van der Waals surface area contributed by atoms with Crippen molar-refractivity contribution in [3.05, 3.63) is 59.2 Å². The van der Waals surface area contributed by atoms with Crippen molar-refractivity contribution in [1.82, 2.24) is 0 Å². The highest BCUT2D eigenvalue weighted by molar-refractivity contribution is 5.89. The molecule has 2 N–H and O–H groups in total. The molecule has 4 aliphatic carbocycles. The molecular weight excluding hydrogens is 410 g/mol. The molecule has 0 aromatic heterocycles. The second-order valence-electron chi connectivity index (χ2n) is 10.3. The summed E-state index contributed by atoms with van der Waals surface area (Å²) in [5.41, 5.74) is 2.11. The zero-order valence-electron chi connectivity index (χ0n) is 18.4. The molecule has 0 saturated heterocycles. The molecule has 0 aliphatic heterocycles. The van der Waals surface area contributed by atoms with Gasteiger partial charge in [-0.1, -0.05) is 12.1 Å². The number of carbonyl (C=O) groups is 2. The normalized spacial score (nSPS) is 30.2. The Morgan fingerprint density at radius 3 is 1.53 bits per heavy atom. The highest BCUT2D eigenvalue weighted by Gasteiger charge is 2.58. The predicted octanol–water partition coefficient (Wildman–Crippen LogP) is 5.67. The predicted molar refractivity (Wildman–Crippen MR) is 119 cm³/mol. The summed E-state index contributed by atoms with van der Waals surface area (Å²) in [7, 11) is 0. The topological polar surface area (TPSA) is 58.2 Å². The lowest BCUT2D eigenvalue weighted by atomic mass is 9.41. The molecule has 4 bridgehead atoms. The highest BCUT2D eigenvalue weighted by Crippen LogP contribution is 2.66. The summed E-state index contributed by atoms with van der Waals surface area (Å²) in [5.74, 6) is -0.341. The van der Waals surface area contributed by atoms with E-state index in [0.29, 0.717) is 11.8 Å². The number of hydrogen-bond donors (Lipinski definition) is 2. The van der Waals surface area contributed by atoms with Crippen molar-refractivity contribution in [2.75, 3.05) is 10.6 Å². The van der Waals surface area contributed by atoms with E-state index in [1.165, 1.54) is 20.3 Å². The monoisotopic (exact) mass is 438 g/mol. The Kier molecular flexibility index (Phi) is 4.88. The smallest absolute Gasteiger partial charge is 0.221 e. The van der Waals surface area contributed by atoms with Crippen LogP contribution >= 0.6 is 0 Å². The molecule has 4 saturated carbocycles. The van der Waals surface area contributed by atoms with E-state index >= 15 is 0 Å². The molecule has 168 valence electrons. The minimum atomic E-state index is -0.409. The summed E-state index contributed by atoms with van der Waals surface area (Å²) in [6.07, 6.45) is 6.15. The van der Waals surface area contributed by atoms with Gasteiger partial charge in [0.05, 0.1) is 11.4 Å². The minimum Gasteiger partial charge on any atom is -0.324 e. The van der Waals surface area contributed by atoms with E-state index in [2.05, 4.69) is 10.6 Å². The van der Waals surface area contributed by atoms with Crippen LogP contribution in [0, 0.1) is 23.5 Å². The molecule has 0 atom stereocenters. The third-order valence-corrected chi connectivity index (χ3v) is 7.85. The SMILES string of the molecule is CC(=O)Nc1ccc(C23CC4CC(C2)CC(c2ccc(NC(C)=O)c(F)c2)(C4)C3)cc1F. The second-order valence-corrected chi connectivity index (χ2v) is 10.3. The van der Waals surface area contributed by atoms with Crippen LogP contribution in [0.4, 0.5) is 20.2 Å². The third-order valence-electron chi connectivity index (χ3n) is 7.85. The number of hydrogen-bond acceptors (Lipinski definition) is 2. The van der Waals surface area contributed by atoms with Crippen LogP contribution in [0.5, 0.6) is 0 Å². The average molecular weight is 439 g/mol. The Labute approximate surface area is 186 Å². The molecule has 2 aromatic carbocycles. The van der Waals surface area contributed by atoms with Gasteiger partial charge in [-0.25, -0.2) is 8.78 Å². The average Bonchev–Trinajstić information content (AvgIpc) is 2.69. The number of rotatable bonds is 4. The van der Waals surface area contributed by atoms with Gasteiger partial charge in [0, 0.05) is 13.8 Å². The van der Waals surface area contributed by atoms with Crippen LogP contribution in [-0.2, 0) is 20.4 Å². The van der Waals surface area contributed by atoms with Gasteiger partial charge >= 0.3 is 0 Å². The van der Waals surface area contributed by atoms with Crippen molar-refractivity contribution in [2.24, 2.45) is 11.8 Å². The summed E-state index contributed by atoms with van der Waals surface area (Å²) in [5, 5.41) is 5.09. The Bertz CT molecular complexity index is 1020. The maximum absolute atomic E-state index is 14.8. The van der Waals surface area contributed by atoms with Gasteiger partial charge < -0.3 is 10.6 Å². The summed E-state index contributed by atoms with van der Waals surface area (Å²) in [6, 6.07) is 10.4. The summed E-state index contributed by atoms with van der Waals surface area (Å²) >= 11 is 0. The van der Waals surface area contributed by atoms with Crippen LogP contribution in [0.3, 0.4) is 0 Å². The summed E-state index contributed by atoms with van der Waals surface area (Å²) in [4.78, 5) is 22.7. The fraction of sp³-hybridized carbons (Fsp3) is 0.462. The van der Waals surface area contributed by atoms with Gasteiger partial charge in [0.2, 0.25) is 11.8 Å². The van der Waals surface area contributed by atoms with Crippen molar-refractivity contribution < 1.29 is 18.4 Å². The van der Waals surface area contributed by atoms with Gasteiger partial charge in [-0.2, -0.15) is 0 Å². The van der Waals surface area contributed by atoms with Gasteiger partial charge in [-0.05, 0) is 96.6 Å². The van der Waals surface area contributed by atoms with Crippen LogP contribution in [0.2, 0.25) is 0 Å². The fourth-order valence-corrected chi connectivity index (χ4v) is 7.21. The first kappa shape index (κ1) is 21.1. The second kappa shape index (κ2) is 7.39. The molecular formula is C26H28F2N2O2. The molecule has 0 spiro atoms. The van der Waals surface area contributed by atoms with E-state index in [1.807, 2.05) is 12.1 Å². The number of nitrogens with one attached hydrogen (secondary N) is 2. The van der Waals surface area contributed by atoms with E-state index in [-0.39, 0.29) is 34.0 Å². The third kappa shape index (κ3) is 3.50. The molecule has 6 heteroatoms. The molecule has 4 fully saturated rings. The highest BCUT2D eigenvalue weighted by atomic mass is 19.1. The number of amides is 2. The van der Waals surface area contributed by atoms with Crippen LogP contribution in [0.1, 0.15) is 63.5 Å². The van der Waals surface area contributed by atoms with Crippen molar-refractivity contribution in [3.8, 4) is 0 Å². The van der Waals surface area contributed by atoms with Crippen LogP contribution in [0.15, 0.2) is 36.4 Å². The lowest BCUT2D eigenvalue weighted by Gasteiger charge is -2.62. The lowest BCUT2D eigenvalue weighted by molar-refractivity contribution is -0.115. The van der Waals surface area contributed by atoms with Crippen LogP contribution < -0.4 is 10.6 Å². The molecule has 2 amide bonds. The van der Waals surface area contributed by atoms with Gasteiger partial charge in [-0.15, -0.1) is 0 Å². The number of benzene rings is 2. The number of anilines is 2. The molecule has 32 heavy (non-hydrogen) atoms.